The minimum absolute atomic E-state index is 0.00575. The van der Waals surface area contributed by atoms with Gasteiger partial charge in [0.1, 0.15) is 12.2 Å². The molecule has 2 aliphatic heterocycles. The third kappa shape index (κ3) is 3.38. The Morgan fingerprint density at radius 3 is 2.63 bits per heavy atom. The van der Waals surface area contributed by atoms with Gasteiger partial charge in [0.05, 0.1) is 6.04 Å². The van der Waals surface area contributed by atoms with E-state index in [9.17, 15) is 4.79 Å². The minimum Gasteiger partial charge on any atom is -0.366 e. The van der Waals surface area contributed by atoms with Crippen molar-refractivity contribution in [2.45, 2.75) is 51.2 Å². The molecule has 5 heteroatoms. The second-order valence-electron chi connectivity index (χ2n) is 7.86. The molecule has 1 amide bonds. The normalized spacial score (nSPS) is 26.1. The summed E-state index contributed by atoms with van der Waals surface area (Å²) in [6.07, 6.45) is 0.707. The number of hydrogen-bond acceptors (Lipinski definition) is 4. The quantitative estimate of drug-likeness (QED) is 0.873. The van der Waals surface area contributed by atoms with Crippen molar-refractivity contribution < 1.29 is 14.3 Å². The zero-order chi connectivity index (χ0) is 19.2. The highest BCUT2D eigenvalue weighted by molar-refractivity contribution is 5.94. The summed E-state index contributed by atoms with van der Waals surface area (Å²) in [5.74, 6) is -0.997. The van der Waals surface area contributed by atoms with E-state index in [0.717, 1.165) is 24.1 Å². The molecule has 3 N–H and O–H groups in total. The van der Waals surface area contributed by atoms with Gasteiger partial charge in [-0.3, -0.25) is 4.79 Å². The highest BCUT2D eigenvalue weighted by Crippen LogP contribution is 2.41. The van der Waals surface area contributed by atoms with Crippen LogP contribution in [-0.4, -0.2) is 30.4 Å². The molecule has 0 radical (unpaired) electrons. The summed E-state index contributed by atoms with van der Waals surface area (Å²) < 4.78 is 12.2. The summed E-state index contributed by atoms with van der Waals surface area (Å²) in [6.45, 7) is 6.59. The highest BCUT2D eigenvalue weighted by atomic mass is 16.8. The zero-order valence-corrected chi connectivity index (χ0v) is 16.0. The van der Waals surface area contributed by atoms with Crippen molar-refractivity contribution in [1.29, 1.82) is 0 Å². The van der Waals surface area contributed by atoms with Crippen molar-refractivity contribution in [2.24, 2.45) is 5.73 Å². The highest BCUT2D eigenvalue weighted by Gasteiger charge is 2.50. The summed E-state index contributed by atoms with van der Waals surface area (Å²) >= 11 is 0. The molecular formula is C22H26N2O3. The number of rotatable bonds is 4. The Labute approximate surface area is 159 Å². The second-order valence-corrected chi connectivity index (χ2v) is 7.86. The lowest BCUT2D eigenvalue weighted by molar-refractivity contribution is -0.153. The minimum atomic E-state index is -0.593. The fourth-order valence-electron chi connectivity index (χ4n) is 4.38. The van der Waals surface area contributed by atoms with Crippen LogP contribution in [0.25, 0.3) is 0 Å². The van der Waals surface area contributed by atoms with Crippen LogP contribution in [0.4, 0.5) is 0 Å². The fraction of sp³-hybridized carbons (Fsp3) is 0.409. The first-order valence-corrected chi connectivity index (χ1v) is 9.41. The van der Waals surface area contributed by atoms with E-state index in [4.69, 9.17) is 15.2 Å². The molecule has 2 aromatic rings. The Morgan fingerprint density at radius 1 is 1.19 bits per heavy atom. The van der Waals surface area contributed by atoms with Crippen molar-refractivity contribution >= 4 is 5.91 Å². The van der Waals surface area contributed by atoms with Gasteiger partial charge in [0.2, 0.25) is 5.91 Å². The number of ether oxygens (including phenoxy) is 2. The van der Waals surface area contributed by atoms with Crippen molar-refractivity contribution in [3.8, 4) is 0 Å². The van der Waals surface area contributed by atoms with Crippen LogP contribution in [0.15, 0.2) is 42.5 Å². The van der Waals surface area contributed by atoms with E-state index in [1.165, 1.54) is 11.1 Å². The molecule has 5 nitrogen and oxygen atoms in total. The van der Waals surface area contributed by atoms with Gasteiger partial charge in [-0.2, -0.15) is 0 Å². The van der Waals surface area contributed by atoms with Crippen LogP contribution < -0.4 is 11.1 Å². The lowest BCUT2D eigenvalue weighted by atomic mass is 9.87. The van der Waals surface area contributed by atoms with E-state index < -0.39 is 11.7 Å². The molecule has 0 bridgehead atoms. The SMILES string of the molecule is Cc1c(C(N)=O)ccc(Cc2ccccc2)c1C1NCC2OC(C)(C)OC21. The van der Waals surface area contributed by atoms with Crippen LogP contribution in [-0.2, 0) is 15.9 Å². The Bertz CT molecular complexity index is 863. The Morgan fingerprint density at radius 2 is 1.93 bits per heavy atom. The second kappa shape index (κ2) is 6.75. The number of carbonyl (C=O) groups excluding carboxylic acids is 1. The molecular weight excluding hydrogens is 340 g/mol. The van der Waals surface area contributed by atoms with E-state index in [2.05, 4.69) is 17.4 Å². The molecule has 0 aliphatic carbocycles. The molecule has 2 heterocycles. The summed E-state index contributed by atoms with van der Waals surface area (Å²) in [7, 11) is 0. The molecule has 142 valence electrons. The molecule has 27 heavy (non-hydrogen) atoms. The lowest BCUT2D eigenvalue weighted by Crippen LogP contribution is -2.31. The van der Waals surface area contributed by atoms with Gasteiger partial charge in [0, 0.05) is 12.1 Å². The van der Waals surface area contributed by atoms with E-state index >= 15 is 0 Å². The number of amides is 1. The van der Waals surface area contributed by atoms with Gasteiger partial charge in [0.25, 0.3) is 0 Å². The third-order valence-corrected chi connectivity index (χ3v) is 5.51. The summed E-state index contributed by atoms with van der Waals surface area (Å²) in [4.78, 5) is 11.9. The van der Waals surface area contributed by atoms with Gasteiger partial charge < -0.3 is 20.5 Å². The summed E-state index contributed by atoms with van der Waals surface area (Å²) in [6, 6.07) is 14.2. The predicted octanol–water partition coefficient (Wildman–Crippen LogP) is 2.85. The topological polar surface area (TPSA) is 73.6 Å². The van der Waals surface area contributed by atoms with Gasteiger partial charge in [0.15, 0.2) is 5.79 Å². The number of nitrogens with one attached hydrogen (secondary N) is 1. The van der Waals surface area contributed by atoms with E-state index in [-0.39, 0.29) is 18.2 Å². The van der Waals surface area contributed by atoms with E-state index in [1.54, 1.807) is 0 Å². The van der Waals surface area contributed by atoms with Gasteiger partial charge in [-0.05, 0) is 55.5 Å². The number of nitrogens with two attached hydrogens (primary N) is 1. The standard InChI is InChI=1S/C22H26N2O3/c1-13-16(21(23)25)10-9-15(11-14-7-5-4-6-8-14)18(13)19-20-17(12-24-19)26-22(2,3)27-20/h4-10,17,19-20,24H,11-12H2,1-3H3,(H2,23,25). The first-order chi connectivity index (χ1) is 12.9. The van der Waals surface area contributed by atoms with Gasteiger partial charge in [-0.25, -0.2) is 0 Å². The Balaban J connectivity index is 1.77. The van der Waals surface area contributed by atoms with E-state index in [0.29, 0.717) is 5.56 Å². The maximum atomic E-state index is 11.9. The van der Waals surface area contributed by atoms with Gasteiger partial charge in [-0.15, -0.1) is 0 Å². The molecule has 0 saturated carbocycles. The Kier molecular flexibility index (Phi) is 4.54. The zero-order valence-electron chi connectivity index (χ0n) is 16.0. The molecule has 2 aliphatic rings. The molecule has 2 fully saturated rings. The lowest BCUT2D eigenvalue weighted by Gasteiger charge is -2.26. The molecule has 0 aromatic heterocycles. The molecule has 2 saturated heterocycles. The van der Waals surface area contributed by atoms with Crippen molar-refractivity contribution in [2.75, 3.05) is 6.54 Å². The number of fused-ring (bicyclic) bond motifs is 1. The first-order valence-electron chi connectivity index (χ1n) is 9.41. The molecule has 3 unspecified atom stereocenters. The summed E-state index contributed by atoms with van der Waals surface area (Å²) in [5.41, 5.74) is 10.6. The average Bonchev–Trinajstić information content (AvgIpc) is 3.11. The van der Waals surface area contributed by atoms with Crippen LogP contribution in [0, 0.1) is 6.92 Å². The molecule has 4 rings (SSSR count). The van der Waals surface area contributed by atoms with Gasteiger partial charge >= 0.3 is 0 Å². The summed E-state index contributed by atoms with van der Waals surface area (Å²) in [5, 5.41) is 3.54. The maximum Gasteiger partial charge on any atom is 0.248 e. The Hall–Kier alpha value is -2.21. The largest absolute Gasteiger partial charge is 0.366 e. The number of carbonyl (C=O) groups is 1. The van der Waals surface area contributed by atoms with Crippen LogP contribution in [0.2, 0.25) is 0 Å². The third-order valence-electron chi connectivity index (χ3n) is 5.51. The number of benzene rings is 2. The molecule has 3 atom stereocenters. The van der Waals surface area contributed by atoms with Crippen LogP contribution in [0.3, 0.4) is 0 Å². The fourth-order valence-corrected chi connectivity index (χ4v) is 4.38. The van der Waals surface area contributed by atoms with Crippen LogP contribution in [0.1, 0.15) is 52.5 Å². The van der Waals surface area contributed by atoms with Crippen molar-refractivity contribution in [3.05, 3.63) is 70.3 Å². The molecule has 2 aromatic carbocycles. The van der Waals surface area contributed by atoms with Crippen molar-refractivity contribution in [3.63, 3.8) is 0 Å². The molecule has 0 spiro atoms. The van der Waals surface area contributed by atoms with Crippen LogP contribution in [0.5, 0.6) is 0 Å². The number of primary amides is 1. The van der Waals surface area contributed by atoms with Crippen molar-refractivity contribution in [1.82, 2.24) is 5.32 Å². The predicted molar refractivity (Wildman–Crippen MR) is 104 cm³/mol. The monoisotopic (exact) mass is 366 g/mol. The first kappa shape index (κ1) is 18.2. The van der Waals surface area contributed by atoms with Gasteiger partial charge in [-0.1, -0.05) is 36.4 Å². The number of hydrogen-bond donors (Lipinski definition) is 2. The van der Waals surface area contributed by atoms with Crippen LogP contribution >= 0.6 is 0 Å². The maximum absolute atomic E-state index is 11.9. The smallest absolute Gasteiger partial charge is 0.248 e. The van der Waals surface area contributed by atoms with E-state index in [1.807, 2.05) is 51.1 Å². The average molecular weight is 366 g/mol.